The maximum atomic E-state index is 13.3. The van der Waals surface area contributed by atoms with Crippen LogP contribution in [0.25, 0.3) is 10.9 Å². The van der Waals surface area contributed by atoms with Crippen LogP contribution >= 0.6 is 11.6 Å². The molecule has 2 aliphatic heterocycles. The highest BCUT2D eigenvalue weighted by Gasteiger charge is 2.51. The van der Waals surface area contributed by atoms with Gasteiger partial charge in [0.2, 0.25) is 5.91 Å². The fourth-order valence-electron chi connectivity index (χ4n) is 4.68. The number of hydrogen-bond donors (Lipinski definition) is 1. The number of benzene rings is 2. The van der Waals surface area contributed by atoms with Gasteiger partial charge in [0.25, 0.3) is 5.91 Å². The fraction of sp³-hybridized carbons (Fsp3) is 0.261. The first-order chi connectivity index (χ1) is 14.4. The van der Waals surface area contributed by atoms with E-state index in [9.17, 15) is 9.59 Å². The average Bonchev–Trinajstić information content (AvgIpc) is 3.10. The second-order valence-corrected chi connectivity index (χ2v) is 8.64. The second-order valence-electron chi connectivity index (χ2n) is 8.23. The van der Waals surface area contributed by atoms with Gasteiger partial charge in [0, 0.05) is 33.6 Å². The van der Waals surface area contributed by atoms with Crippen LogP contribution in [-0.2, 0) is 21.5 Å². The van der Waals surface area contributed by atoms with Crippen molar-refractivity contribution in [2.75, 3.05) is 6.54 Å². The van der Waals surface area contributed by atoms with E-state index >= 15 is 0 Å². The molecule has 2 aliphatic rings. The minimum absolute atomic E-state index is 0.0880. The van der Waals surface area contributed by atoms with E-state index < -0.39 is 11.6 Å². The van der Waals surface area contributed by atoms with Crippen LogP contribution in [0.2, 0.25) is 5.02 Å². The van der Waals surface area contributed by atoms with E-state index in [1.54, 1.807) is 11.0 Å². The Bertz CT molecular complexity index is 1210. The molecule has 3 heterocycles. The second kappa shape index (κ2) is 6.71. The molecule has 1 atom stereocenters. The molecule has 2 aromatic carbocycles. The molecule has 152 valence electrons. The molecule has 30 heavy (non-hydrogen) atoms. The van der Waals surface area contributed by atoms with Gasteiger partial charge < -0.3 is 9.88 Å². The van der Waals surface area contributed by atoms with E-state index in [1.807, 2.05) is 50.2 Å². The van der Waals surface area contributed by atoms with Crippen molar-refractivity contribution in [1.29, 1.82) is 0 Å². The molecule has 1 saturated heterocycles. The summed E-state index contributed by atoms with van der Waals surface area (Å²) in [4.78, 5) is 31.7. The summed E-state index contributed by atoms with van der Waals surface area (Å²) >= 11 is 6.18. The number of amides is 2. The number of piperazine rings is 1. The summed E-state index contributed by atoms with van der Waals surface area (Å²) < 4.78 is 0. The Balaban J connectivity index is 1.53. The standard InChI is InChI=1S/C23H21ClN4O2/c1-23(2)21-16(15-8-4-6-10-18(15)26-21)11-19-22(30)27(13-20(29)28(19)23)25-12-14-7-3-5-9-17(14)24/h3-10,12,19,26H,11,13H2,1-2H3/t19-/m0/s1. The number of aromatic amines is 1. The third kappa shape index (κ3) is 2.75. The third-order valence-corrected chi connectivity index (χ3v) is 6.42. The van der Waals surface area contributed by atoms with Crippen molar-refractivity contribution < 1.29 is 9.59 Å². The van der Waals surface area contributed by atoms with Gasteiger partial charge in [-0.15, -0.1) is 0 Å². The molecule has 6 nitrogen and oxygen atoms in total. The molecule has 3 aromatic rings. The Morgan fingerprint density at radius 1 is 1.13 bits per heavy atom. The van der Waals surface area contributed by atoms with Crippen molar-refractivity contribution in [3.63, 3.8) is 0 Å². The molecule has 0 saturated carbocycles. The Hall–Kier alpha value is -3.12. The maximum absolute atomic E-state index is 13.3. The molecule has 1 N–H and O–H groups in total. The topological polar surface area (TPSA) is 68.8 Å². The van der Waals surface area contributed by atoms with Gasteiger partial charge in [-0.1, -0.05) is 48.0 Å². The summed E-state index contributed by atoms with van der Waals surface area (Å²) in [6.07, 6.45) is 2.00. The van der Waals surface area contributed by atoms with Crippen molar-refractivity contribution in [1.82, 2.24) is 14.9 Å². The number of carbonyl (C=O) groups is 2. The highest BCUT2D eigenvalue weighted by molar-refractivity contribution is 6.33. The van der Waals surface area contributed by atoms with Gasteiger partial charge in [-0.05, 0) is 31.5 Å². The molecule has 5 rings (SSSR count). The van der Waals surface area contributed by atoms with Crippen LogP contribution < -0.4 is 0 Å². The smallest absolute Gasteiger partial charge is 0.266 e. The first kappa shape index (κ1) is 18.9. The van der Waals surface area contributed by atoms with Crippen LogP contribution in [0.4, 0.5) is 0 Å². The zero-order valence-corrected chi connectivity index (χ0v) is 17.5. The summed E-state index contributed by atoms with van der Waals surface area (Å²) in [5.41, 5.74) is 3.18. The Kier molecular flexibility index (Phi) is 4.22. The number of aromatic nitrogens is 1. The lowest BCUT2D eigenvalue weighted by molar-refractivity contribution is -0.163. The number of halogens is 1. The van der Waals surface area contributed by atoms with Gasteiger partial charge in [-0.2, -0.15) is 5.10 Å². The number of H-pyrrole nitrogens is 1. The number of nitrogens with one attached hydrogen (secondary N) is 1. The van der Waals surface area contributed by atoms with Gasteiger partial charge in [-0.3, -0.25) is 9.59 Å². The van der Waals surface area contributed by atoms with E-state index in [1.165, 1.54) is 11.2 Å². The minimum Gasteiger partial charge on any atom is -0.356 e. The molecule has 0 aliphatic carbocycles. The summed E-state index contributed by atoms with van der Waals surface area (Å²) in [6, 6.07) is 14.7. The highest BCUT2D eigenvalue weighted by Crippen LogP contribution is 2.42. The summed E-state index contributed by atoms with van der Waals surface area (Å²) in [5.74, 6) is -0.299. The molecular weight excluding hydrogens is 400 g/mol. The summed E-state index contributed by atoms with van der Waals surface area (Å²) in [5, 5.41) is 7.21. The van der Waals surface area contributed by atoms with Crippen molar-refractivity contribution in [3.05, 3.63) is 70.4 Å². The molecule has 0 bridgehead atoms. The first-order valence-corrected chi connectivity index (χ1v) is 10.3. The van der Waals surface area contributed by atoms with Gasteiger partial charge in [0.1, 0.15) is 12.6 Å². The lowest BCUT2D eigenvalue weighted by Crippen LogP contribution is -2.66. The third-order valence-electron chi connectivity index (χ3n) is 6.07. The fourth-order valence-corrected chi connectivity index (χ4v) is 4.86. The van der Waals surface area contributed by atoms with Gasteiger partial charge >= 0.3 is 0 Å². The number of para-hydroxylation sites is 1. The number of fused-ring (bicyclic) bond motifs is 4. The predicted molar refractivity (Wildman–Crippen MR) is 116 cm³/mol. The lowest BCUT2D eigenvalue weighted by atomic mass is 9.82. The number of rotatable bonds is 2. The predicted octanol–water partition coefficient (Wildman–Crippen LogP) is 3.69. The number of nitrogens with zero attached hydrogens (tertiary/aromatic N) is 3. The lowest BCUT2D eigenvalue weighted by Gasteiger charge is -2.50. The van der Waals surface area contributed by atoms with Crippen molar-refractivity contribution in [2.24, 2.45) is 5.10 Å². The maximum Gasteiger partial charge on any atom is 0.266 e. The van der Waals surface area contributed by atoms with E-state index in [0.717, 1.165) is 22.2 Å². The van der Waals surface area contributed by atoms with E-state index in [2.05, 4.69) is 16.2 Å². The van der Waals surface area contributed by atoms with Crippen molar-refractivity contribution in [2.45, 2.75) is 31.8 Å². The Labute approximate surface area is 179 Å². The minimum atomic E-state index is -0.622. The van der Waals surface area contributed by atoms with Crippen LogP contribution in [0, 0.1) is 0 Å². The number of carbonyl (C=O) groups excluding carboxylic acids is 2. The van der Waals surface area contributed by atoms with E-state index in [0.29, 0.717) is 17.0 Å². The molecule has 1 aromatic heterocycles. The van der Waals surface area contributed by atoms with Crippen molar-refractivity contribution in [3.8, 4) is 0 Å². The van der Waals surface area contributed by atoms with Gasteiger partial charge in [0.05, 0.1) is 11.8 Å². The first-order valence-electron chi connectivity index (χ1n) is 9.90. The molecule has 0 radical (unpaired) electrons. The molecule has 0 unspecified atom stereocenters. The molecule has 0 spiro atoms. The van der Waals surface area contributed by atoms with Gasteiger partial charge in [0.15, 0.2) is 0 Å². The zero-order chi connectivity index (χ0) is 21.0. The summed E-state index contributed by atoms with van der Waals surface area (Å²) in [7, 11) is 0. The molecule has 1 fully saturated rings. The highest BCUT2D eigenvalue weighted by atomic mass is 35.5. The van der Waals surface area contributed by atoms with Crippen LogP contribution in [0.1, 0.15) is 30.7 Å². The van der Waals surface area contributed by atoms with E-state index in [-0.39, 0.29) is 18.4 Å². The quantitative estimate of drug-likeness (QED) is 0.642. The van der Waals surface area contributed by atoms with Gasteiger partial charge in [-0.25, -0.2) is 5.01 Å². The summed E-state index contributed by atoms with van der Waals surface area (Å²) in [6.45, 7) is 3.89. The van der Waals surface area contributed by atoms with E-state index in [4.69, 9.17) is 11.6 Å². The Morgan fingerprint density at radius 3 is 2.67 bits per heavy atom. The number of hydrogen-bond acceptors (Lipinski definition) is 3. The van der Waals surface area contributed by atoms with Crippen LogP contribution in [-0.4, -0.2) is 45.5 Å². The molecule has 7 heteroatoms. The van der Waals surface area contributed by atoms with Crippen molar-refractivity contribution >= 4 is 40.5 Å². The zero-order valence-electron chi connectivity index (χ0n) is 16.7. The SMILES string of the molecule is CC1(C)c2[nH]c3ccccc3c2C[C@H]2C(=O)N(N=Cc3ccccc3Cl)CC(=O)N21. The molecule has 2 amide bonds. The Morgan fingerprint density at radius 2 is 1.87 bits per heavy atom. The molecular formula is C23H21ClN4O2. The normalized spacial score (nSPS) is 20.7. The van der Waals surface area contributed by atoms with Crippen LogP contribution in [0.3, 0.4) is 0 Å². The average molecular weight is 421 g/mol. The monoisotopic (exact) mass is 420 g/mol. The number of hydrazone groups is 1. The van der Waals surface area contributed by atoms with Crippen LogP contribution in [0.15, 0.2) is 53.6 Å². The van der Waals surface area contributed by atoms with Crippen LogP contribution in [0.5, 0.6) is 0 Å². The largest absolute Gasteiger partial charge is 0.356 e.